The van der Waals surface area contributed by atoms with E-state index in [0.717, 1.165) is 24.3 Å². The Morgan fingerprint density at radius 2 is 1.50 bits per heavy atom. The van der Waals surface area contributed by atoms with Gasteiger partial charge in [0.2, 0.25) is 0 Å². The Bertz CT molecular complexity index is 426. The standard InChI is InChI=1S/C15H20O3/c1-8-9-4-5-10(15(8)16)14-12(18-3)7-6-11(17-2)13(9)14/h6-10,15-16H,4-5H2,1-3H3/t8-,9+,10+,15+/m0/s1. The lowest BCUT2D eigenvalue weighted by Crippen LogP contribution is -2.41. The number of rotatable bonds is 2. The van der Waals surface area contributed by atoms with Crippen LogP contribution in [0.1, 0.15) is 42.7 Å². The first-order valence-corrected chi connectivity index (χ1v) is 6.61. The Hall–Kier alpha value is -1.22. The number of aliphatic hydroxyl groups is 1. The van der Waals surface area contributed by atoms with Crippen LogP contribution < -0.4 is 9.47 Å². The average Bonchev–Trinajstić information content (AvgIpc) is 2.42. The first kappa shape index (κ1) is 11.8. The number of hydrogen-bond acceptors (Lipinski definition) is 3. The van der Waals surface area contributed by atoms with Crippen LogP contribution in [0.15, 0.2) is 12.1 Å². The van der Waals surface area contributed by atoms with Gasteiger partial charge in [-0.3, -0.25) is 0 Å². The maximum atomic E-state index is 10.4. The highest BCUT2D eigenvalue weighted by atomic mass is 16.5. The van der Waals surface area contributed by atoms with Crippen molar-refractivity contribution in [1.82, 2.24) is 0 Å². The summed E-state index contributed by atoms with van der Waals surface area (Å²) in [6.45, 7) is 2.14. The molecular weight excluding hydrogens is 228 g/mol. The SMILES string of the molecule is COc1ccc(OC)c2c1[C@H]1CC[C@@H]2[C@H](C)[C@H]1O. The Kier molecular flexibility index (Phi) is 2.74. The summed E-state index contributed by atoms with van der Waals surface area (Å²) in [7, 11) is 3.41. The summed E-state index contributed by atoms with van der Waals surface area (Å²) in [5, 5.41) is 10.4. The molecule has 0 heterocycles. The minimum Gasteiger partial charge on any atom is -0.496 e. The largest absolute Gasteiger partial charge is 0.496 e. The molecule has 3 aliphatic rings. The van der Waals surface area contributed by atoms with Crippen molar-refractivity contribution < 1.29 is 14.6 Å². The molecule has 1 fully saturated rings. The average molecular weight is 248 g/mol. The highest BCUT2D eigenvalue weighted by molar-refractivity contribution is 5.56. The minimum atomic E-state index is -0.253. The fourth-order valence-electron chi connectivity index (χ4n) is 3.84. The van der Waals surface area contributed by atoms with E-state index in [1.165, 1.54) is 11.1 Å². The third-order valence-electron chi connectivity index (χ3n) is 4.76. The summed E-state index contributed by atoms with van der Waals surface area (Å²) >= 11 is 0. The molecule has 0 amide bonds. The van der Waals surface area contributed by atoms with E-state index in [-0.39, 0.29) is 12.0 Å². The molecule has 1 N–H and O–H groups in total. The molecule has 1 aromatic rings. The lowest BCUT2D eigenvalue weighted by molar-refractivity contribution is 0.0297. The molecular formula is C15H20O3. The number of fused-ring (bicyclic) bond motifs is 2. The van der Waals surface area contributed by atoms with Crippen LogP contribution in [0.5, 0.6) is 11.5 Å². The van der Waals surface area contributed by atoms with E-state index in [9.17, 15) is 5.11 Å². The normalized spacial score (nSPS) is 33.1. The molecule has 0 unspecified atom stereocenters. The van der Waals surface area contributed by atoms with Crippen molar-refractivity contribution in [2.45, 2.75) is 37.7 Å². The van der Waals surface area contributed by atoms with Crippen molar-refractivity contribution in [3.63, 3.8) is 0 Å². The van der Waals surface area contributed by atoms with Gasteiger partial charge in [0.05, 0.1) is 20.3 Å². The van der Waals surface area contributed by atoms with Gasteiger partial charge < -0.3 is 14.6 Å². The maximum absolute atomic E-state index is 10.4. The van der Waals surface area contributed by atoms with E-state index in [1.807, 2.05) is 12.1 Å². The zero-order chi connectivity index (χ0) is 12.9. The molecule has 0 spiro atoms. The van der Waals surface area contributed by atoms with Gasteiger partial charge in [-0.05, 0) is 36.8 Å². The van der Waals surface area contributed by atoms with Crippen LogP contribution >= 0.6 is 0 Å². The van der Waals surface area contributed by atoms with Crippen LogP contribution in [0.4, 0.5) is 0 Å². The molecule has 0 saturated heterocycles. The quantitative estimate of drug-likeness (QED) is 0.874. The molecule has 4 atom stereocenters. The molecule has 18 heavy (non-hydrogen) atoms. The Balaban J connectivity index is 2.24. The van der Waals surface area contributed by atoms with E-state index in [2.05, 4.69) is 6.92 Å². The van der Waals surface area contributed by atoms with E-state index < -0.39 is 0 Å². The fourth-order valence-corrected chi connectivity index (χ4v) is 3.84. The van der Waals surface area contributed by atoms with E-state index in [1.54, 1.807) is 14.2 Å². The summed E-state index contributed by atoms with van der Waals surface area (Å²) in [6, 6.07) is 3.94. The van der Waals surface area contributed by atoms with Crippen LogP contribution in [-0.2, 0) is 0 Å². The molecule has 3 aliphatic carbocycles. The topological polar surface area (TPSA) is 38.7 Å². The van der Waals surface area contributed by atoms with Crippen molar-refractivity contribution >= 4 is 0 Å². The monoisotopic (exact) mass is 248 g/mol. The third-order valence-corrected chi connectivity index (χ3v) is 4.76. The molecule has 0 aliphatic heterocycles. The molecule has 1 aromatic carbocycles. The summed E-state index contributed by atoms with van der Waals surface area (Å²) < 4.78 is 11.0. The lowest BCUT2D eigenvalue weighted by Gasteiger charge is -2.47. The molecule has 0 radical (unpaired) electrons. The van der Waals surface area contributed by atoms with Gasteiger partial charge in [0.15, 0.2) is 0 Å². The zero-order valence-corrected chi connectivity index (χ0v) is 11.1. The summed E-state index contributed by atoms with van der Waals surface area (Å²) in [5.74, 6) is 2.73. The Labute approximate surface area is 108 Å². The van der Waals surface area contributed by atoms with E-state index in [0.29, 0.717) is 11.8 Å². The van der Waals surface area contributed by atoms with Gasteiger partial charge in [0.25, 0.3) is 0 Å². The summed E-state index contributed by atoms with van der Waals surface area (Å²) in [4.78, 5) is 0. The molecule has 3 heteroatoms. The summed E-state index contributed by atoms with van der Waals surface area (Å²) in [6.07, 6.45) is 1.93. The van der Waals surface area contributed by atoms with Gasteiger partial charge in [-0.25, -0.2) is 0 Å². The van der Waals surface area contributed by atoms with Gasteiger partial charge in [-0.2, -0.15) is 0 Å². The van der Waals surface area contributed by atoms with Crippen LogP contribution in [0.3, 0.4) is 0 Å². The first-order chi connectivity index (χ1) is 8.69. The van der Waals surface area contributed by atoms with Crippen molar-refractivity contribution in [2.24, 2.45) is 5.92 Å². The van der Waals surface area contributed by atoms with Gasteiger partial charge in [0.1, 0.15) is 11.5 Å². The number of benzene rings is 1. The Morgan fingerprint density at radius 1 is 1.00 bits per heavy atom. The van der Waals surface area contributed by atoms with Crippen LogP contribution in [0.2, 0.25) is 0 Å². The highest BCUT2D eigenvalue weighted by Crippen LogP contribution is 2.57. The fraction of sp³-hybridized carbons (Fsp3) is 0.600. The molecule has 98 valence electrons. The number of aliphatic hydroxyl groups excluding tert-OH is 1. The summed E-state index contributed by atoms with van der Waals surface area (Å²) in [5.41, 5.74) is 2.45. The van der Waals surface area contributed by atoms with Crippen LogP contribution in [0, 0.1) is 5.92 Å². The van der Waals surface area contributed by atoms with Crippen molar-refractivity contribution in [3.8, 4) is 11.5 Å². The maximum Gasteiger partial charge on any atom is 0.122 e. The molecule has 1 saturated carbocycles. The predicted molar refractivity (Wildman–Crippen MR) is 69.4 cm³/mol. The third kappa shape index (κ3) is 1.40. The Morgan fingerprint density at radius 3 is 2.06 bits per heavy atom. The highest BCUT2D eigenvalue weighted by Gasteiger charge is 2.46. The lowest BCUT2D eigenvalue weighted by atomic mass is 9.60. The smallest absolute Gasteiger partial charge is 0.122 e. The van der Waals surface area contributed by atoms with Gasteiger partial charge >= 0.3 is 0 Å². The zero-order valence-electron chi connectivity index (χ0n) is 11.1. The van der Waals surface area contributed by atoms with Crippen molar-refractivity contribution in [2.75, 3.05) is 14.2 Å². The first-order valence-electron chi connectivity index (χ1n) is 6.61. The minimum absolute atomic E-state index is 0.199. The number of hydrogen-bond donors (Lipinski definition) is 1. The van der Waals surface area contributed by atoms with Gasteiger partial charge in [0, 0.05) is 17.0 Å². The number of methoxy groups -OCH3 is 2. The van der Waals surface area contributed by atoms with Crippen LogP contribution in [0.25, 0.3) is 0 Å². The van der Waals surface area contributed by atoms with Gasteiger partial charge in [-0.15, -0.1) is 0 Å². The van der Waals surface area contributed by atoms with E-state index >= 15 is 0 Å². The second-order valence-corrected chi connectivity index (χ2v) is 5.44. The molecule has 0 aromatic heterocycles. The van der Waals surface area contributed by atoms with E-state index in [4.69, 9.17) is 9.47 Å². The van der Waals surface area contributed by atoms with Crippen molar-refractivity contribution in [1.29, 1.82) is 0 Å². The van der Waals surface area contributed by atoms with Crippen LogP contribution in [-0.4, -0.2) is 25.4 Å². The molecule has 3 nitrogen and oxygen atoms in total. The predicted octanol–water partition coefficient (Wildman–Crippen LogP) is 2.68. The molecule has 4 rings (SSSR count). The second-order valence-electron chi connectivity index (χ2n) is 5.44. The van der Waals surface area contributed by atoms with Gasteiger partial charge in [-0.1, -0.05) is 6.92 Å². The molecule has 2 bridgehead atoms. The number of ether oxygens (including phenoxy) is 2. The second kappa shape index (κ2) is 4.16. The van der Waals surface area contributed by atoms with Crippen molar-refractivity contribution in [3.05, 3.63) is 23.3 Å².